The highest BCUT2D eigenvalue weighted by molar-refractivity contribution is 7.99. The first-order chi connectivity index (χ1) is 12.7. The van der Waals surface area contributed by atoms with E-state index in [-0.39, 0.29) is 16.5 Å². The number of nitrogens with one attached hydrogen (secondary N) is 1. The van der Waals surface area contributed by atoms with E-state index in [0.29, 0.717) is 10.9 Å². The van der Waals surface area contributed by atoms with E-state index in [1.807, 2.05) is 31.2 Å². The number of para-hydroxylation sites is 1. The van der Waals surface area contributed by atoms with Gasteiger partial charge in [0.1, 0.15) is 5.82 Å². The molecule has 0 saturated heterocycles. The molecule has 2 heterocycles. The van der Waals surface area contributed by atoms with Crippen molar-refractivity contribution in [1.29, 1.82) is 0 Å². The van der Waals surface area contributed by atoms with Crippen LogP contribution in [-0.4, -0.2) is 20.9 Å². The summed E-state index contributed by atoms with van der Waals surface area (Å²) < 4.78 is 20.5. The molecule has 0 spiro atoms. The summed E-state index contributed by atoms with van der Waals surface area (Å²) >= 11 is 7.69. The van der Waals surface area contributed by atoms with Gasteiger partial charge in [-0.3, -0.25) is 0 Å². The highest BCUT2D eigenvalue weighted by Gasteiger charge is 2.29. The van der Waals surface area contributed by atoms with Crippen LogP contribution in [0.1, 0.15) is 18.7 Å². The Balaban J connectivity index is 1.88. The number of halogens is 2. The predicted octanol–water partition coefficient (Wildman–Crippen LogP) is 4.95. The lowest BCUT2D eigenvalue weighted by atomic mass is 10.1. The van der Waals surface area contributed by atoms with E-state index in [1.54, 1.807) is 12.1 Å². The summed E-state index contributed by atoms with van der Waals surface area (Å²) in [7, 11) is 0. The normalized spacial score (nSPS) is 15.3. The molecule has 0 aliphatic carbocycles. The Labute approximate surface area is 159 Å². The van der Waals surface area contributed by atoms with Gasteiger partial charge in [0.05, 0.1) is 10.6 Å². The first kappa shape index (κ1) is 17.1. The minimum atomic E-state index is -0.845. The van der Waals surface area contributed by atoms with Gasteiger partial charge in [0.25, 0.3) is 0 Å². The van der Waals surface area contributed by atoms with Gasteiger partial charge in [-0.05, 0) is 24.0 Å². The van der Waals surface area contributed by atoms with Crippen LogP contribution in [0.5, 0.6) is 5.88 Å². The van der Waals surface area contributed by atoms with Gasteiger partial charge in [-0.15, -0.1) is 10.2 Å². The van der Waals surface area contributed by atoms with E-state index >= 15 is 0 Å². The lowest BCUT2D eigenvalue weighted by Gasteiger charge is -2.20. The number of aromatic nitrogens is 3. The van der Waals surface area contributed by atoms with Crippen molar-refractivity contribution in [2.75, 3.05) is 11.1 Å². The van der Waals surface area contributed by atoms with Crippen molar-refractivity contribution in [3.8, 4) is 17.1 Å². The molecule has 8 heteroatoms. The van der Waals surface area contributed by atoms with Gasteiger partial charge in [0, 0.05) is 11.3 Å². The fourth-order valence-electron chi connectivity index (χ4n) is 2.73. The van der Waals surface area contributed by atoms with E-state index in [9.17, 15) is 4.39 Å². The van der Waals surface area contributed by atoms with Crippen LogP contribution in [-0.2, 0) is 0 Å². The standard InChI is InChI=1S/C18H14ClFN4OS/c1-2-26-18-22-17-15(23-24-18)10-6-3-4-9-13(10)21-16(25-17)14-11(19)7-5-8-12(14)20/h3-9,16,21H,2H2,1H3. The number of hydrogen-bond acceptors (Lipinski definition) is 6. The molecule has 1 aromatic heterocycles. The lowest BCUT2D eigenvalue weighted by Crippen LogP contribution is -2.19. The van der Waals surface area contributed by atoms with E-state index in [4.69, 9.17) is 16.3 Å². The third-order valence-corrected chi connectivity index (χ3v) is 4.92. The number of nitrogens with zero attached hydrogens (tertiary/aromatic N) is 3. The molecule has 0 bridgehead atoms. The Bertz CT molecular complexity index is 951. The van der Waals surface area contributed by atoms with Crippen molar-refractivity contribution >= 4 is 29.1 Å². The summed E-state index contributed by atoms with van der Waals surface area (Å²) in [5, 5.41) is 12.4. The topological polar surface area (TPSA) is 59.9 Å². The highest BCUT2D eigenvalue weighted by atomic mass is 35.5. The molecule has 0 amide bonds. The maximum Gasteiger partial charge on any atom is 0.247 e. The van der Waals surface area contributed by atoms with E-state index < -0.39 is 12.0 Å². The number of benzene rings is 2. The molecule has 2 aromatic carbocycles. The number of ether oxygens (including phenoxy) is 1. The number of anilines is 1. The zero-order valence-corrected chi connectivity index (χ0v) is 15.3. The second-order valence-electron chi connectivity index (χ2n) is 5.50. The van der Waals surface area contributed by atoms with Gasteiger partial charge in [-0.2, -0.15) is 4.98 Å². The van der Waals surface area contributed by atoms with Gasteiger partial charge in [-0.1, -0.05) is 54.6 Å². The number of hydrogen-bond donors (Lipinski definition) is 1. The van der Waals surface area contributed by atoms with E-state index in [2.05, 4.69) is 20.5 Å². The van der Waals surface area contributed by atoms with Crippen LogP contribution >= 0.6 is 23.4 Å². The quantitative estimate of drug-likeness (QED) is 0.641. The van der Waals surface area contributed by atoms with Gasteiger partial charge in [0.2, 0.25) is 17.3 Å². The number of fused-ring (bicyclic) bond motifs is 3. The Hall–Kier alpha value is -2.38. The molecule has 4 rings (SSSR count). The Morgan fingerprint density at radius 3 is 2.85 bits per heavy atom. The molecule has 1 N–H and O–H groups in total. The maximum absolute atomic E-state index is 14.5. The summed E-state index contributed by atoms with van der Waals surface area (Å²) in [6, 6.07) is 12.0. The van der Waals surface area contributed by atoms with Crippen LogP contribution < -0.4 is 10.1 Å². The van der Waals surface area contributed by atoms with Gasteiger partial charge < -0.3 is 10.1 Å². The van der Waals surface area contributed by atoms with Crippen LogP contribution in [0, 0.1) is 5.82 Å². The van der Waals surface area contributed by atoms with Crippen molar-refractivity contribution in [1.82, 2.24) is 15.2 Å². The summed E-state index contributed by atoms with van der Waals surface area (Å²) in [6.07, 6.45) is -0.845. The largest absolute Gasteiger partial charge is 0.448 e. The minimum absolute atomic E-state index is 0.222. The first-order valence-electron chi connectivity index (χ1n) is 8.01. The Kier molecular flexibility index (Phi) is 4.65. The molecule has 1 aliphatic rings. The molecule has 26 heavy (non-hydrogen) atoms. The molecule has 5 nitrogen and oxygen atoms in total. The zero-order chi connectivity index (χ0) is 18.1. The van der Waals surface area contributed by atoms with Crippen LogP contribution in [0.4, 0.5) is 10.1 Å². The molecular weight excluding hydrogens is 375 g/mol. The molecule has 0 radical (unpaired) electrons. The van der Waals surface area contributed by atoms with Crippen molar-refractivity contribution in [3.63, 3.8) is 0 Å². The lowest BCUT2D eigenvalue weighted by molar-refractivity contribution is 0.220. The third kappa shape index (κ3) is 3.08. The molecule has 0 fully saturated rings. The maximum atomic E-state index is 14.5. The van der Waals surface area contributed by atoms with Gasteiger partial charge in [0.15, 0.2) is 5.69 Å². The Morgan fingerprint density at radius 2 is 2.04 bits per heavy atom. The molecule has 3 aromatic rings. The smallest absolute Gasteiger partial charge is 0.247 e. The molecule has 0 saturated carbocycles. The van der Waals surface area contributed by atoms with E-state index in [1.165, 1.54) is 17.8 Å². The van der Waals surface area contributed by atoms with Crippen molar-refractivity contribution in [3.05, 3.63) is 58.9 Å². The molecule has 1 unspecified atom stereocenters. The SMILES string of the molecule is CCSc1nnc2c(n1)OC(c1c(F)cccc1Cl)Nc1ccccc1-2. The number of rotatable bonds is 3. The highest BCUT2D eigenvalue weighted by Crippen LogP contribution is 2.41. The van der Waals surface area contributed by atoms with E-state index in [0.717, 1.165) is 17.0 Å². The van der Waals surface area contributed by atoms with Crippen molar-refractivity contribution in [2.24, 2.45) is 0 Å². The van der Waals surface area contributed by atoms with Crippen LogP contribution in [0.25, 0.3) is 11.3 Å². The summed E-state index contributed by atoms with van der Waals surface area (Å²) in [4.78, 5) is 4.46. The monoisotopic (exact) mass is 388 g/mol. The summed E-state index contributed by atoms with van der Waals surface area (Å²) in [5.74, 6) is 0.636. The van der Waals surface area contributed by atoms with Crippen LogP contribution in [0.2, 0.25) is 5.02 Å². The number of thioether (sulfide) groups is 1. The fourth-order valence-corrected chi connectivity index (χ4v) is 3.50. The van der Waals surface area contributed by atoms with Crippen molar-refractivity contribution < 1.29 is 9.13 Å². The predicted molar refractivity (Wildman–Crippen MR) is 100 cm³/mol. The van der Waals surface area contributed by atoms with Gasteiger partial charge in [-0.25, -0.2) is 4.39 Å². The average Bonchev–Trinajstić information content (AvgIpc) is 2.78. The van der Waals surface area contributed by atoms with Crippen LogP contribution in [0.15, 0.2) is 47.6 Å². The second kappa shape index (κ2) is 7.09. The minimum Gasteiger partial charge on any atom is -0.448 e. The average molecular weight is 389 g/mol. The summed E-state index contributed by atoms with van der Waals surface area (Å²) in [5.41, 5.74) is 2.25. The van der Waals surface area contributed by atoms with Crippen LogP contribution in [0.3, 0.4) is 0 Å². The van der Waals surface area contributed by atoms with Gasteiger partial charge >= 0.3 is 0 Å². The zero-order valence-electron chi connectivity index (χ0n) is 13.7. The third-order valence-electron chi connectivity index (χ3n) is 3.87. The Morgan fingerprint density at radius 1 is 1.19 bits per heavy atom. The molecule has 132 valence electrons. The first-order valence-corrected chi connectivity index (χ1v) is 9.37. The second-order valence-corrected chi connectivity index (χ2v) is 7.14. The fraction of sp³-hybridized carbons (Fsp3) is 0.167. The molecule has 1 aliphatic heterocycles. The molecule has 1 atom stereocenters. The van der Waals surface area contributed by atoms with Crippen molar-refractivity contribution in [2.45, 2.75) is 18.3 Å². The summed E-state index contributed by atoms with van der Waals surface area (Å²) in [6.45, 7) is 2.00. The molecular formula is C18H14ClFN4OS.